The molecule has 0 bridgehead atoms. The molecule has 0 aliphatic rings. The lowest BCUT2D eigenvalue weighted by molar-refractivity contribution is -0.842. The molecule has 0 aliphatic carbocycles. The Labute approximate surface area is 317 Å². The zero-order valence-corrected chi connectivity index (χ0v) is 34.0. The lowest BCUT2D eigenvalue weighted by Gasteiger charge is -2.34. The number of hydrogen-bond donors (Lipinski definition) is 6. The van der Waals surface area contributed by atoms with E-state index in [1.54, 1.807) is 32.3 Å². The molecule has 298 valence electrons. The number of benzene rings is 1. The third kappa shape index (κ3) is 17.1. The zero-order valence-electron chi connectivity index (χ0n) is 34.0. The molecular weight excluding hydrogens is 674 g/mol. The van der Waals surface area contributed by atoms with Crippen LogP contribution in [0.15, 0.2) is 54.3 Å². The Balaban J connectivity index is 3.31. The lowest BCUT2D eigenvalue weighted by Crippen LogP contribution is -2.75. The molecule has 0 fully saturated rings. The van der Waals surface area contributed by atoms with Crippen LogP contribution in [0, 0.1) is 11.3 Å². The van der Waals surface area contributed by atoms with Crippen LogP contribution in [0.3, 0.4) is 0 Å². The average molecular weight is 743 g/mol. The smallest absolute Gasteiger partial charge is 0.251 e. The van der Waals surface area contributed by atoms with Gasteiger partial charge in [0.2, 0.25) is 23.6 Å². The molecule has 0 aromatic heterocycles. The van der Waals surface area contributed by atoms with Crippen molar-refractivity contribution in [3.8, 4) is 0 Å². The molecule has 0 saturated carbocycles. The molecule has 1 rings (SSSR count). The van der Waals surface area contributed by atoms with E-state index in [1.165, 1.54) is 17.5 Å². The topological polar surface area (TPSA) is 175 Å². The molecule has 0 aliphatic heterocycles. The van der Waals surface area contributed by atoms with E-state index in [2.05, 4.69) is 26.6 Å². The summed E-state index contributed by atoms with van der Waals surface area (Å²) in [4.78, 5) is 74.0. The zero-order chi connectivity index (χ0) is 40.1. The molecule has 13 heteroatoms. The molecule has 7 N–H and O–H groups in total. The molecule has 5 atom stereocenters. The monoisotopic (exact) mass is 743 g/mol. The normalized spacial score (nSPS) is 14.9. The molecule has 53 heavy (non-hydrogen) atoms. The van der Waals surface area contributed by atoms with Crippen molar-refractivity contribution in [3.63, 3.8) is 0 Å². The van der Waals surface area contributed by atoms with Crippen molar-refractivity contribution < 1.29 is 34.3 Å². The van der Waals surface area contributed by atoms with Gasteiger partial charge in [0.05, 0.1) is 13.2 Å². The van der Waals surface area contributed by atoms with Crippen LogP contribution in [0.25, 0.3) is 0 Å². The van der Waals surface area contributed by atoms with Gasteiger partial charge in [-0.3, -0.25) is 24.0 Å². The van der Waals surface area contributed by atoms with Crippen molar-refractivity contribution >= 4 is 29.5 Å². The number of nitrogens with one attached hydrogen (secondary N) is 5. The molecule has 5 amide bonds. The van der Waals surface area contributed by atoms with Crippen molar-refractivity contribution in [2.24, 2.45) is 11.3 Å². The fourth-order valence-corrected chi connectivity index (χ4v) is 5.90. The molecule has 0 spiro atoms. The Hall–Kier alpha value is -4.07. The predicted molar refractivity (Wildman–Crippen MR) is 209 cm³/mol. The van der Waals surface area contributed by atoms with E-state index in [-0.39, 0.29) is 41.5 Å². The molecular formula is C40H68N7O6+. The van der Waals surface area contributed by atoms with E-state index < -0.39 is 36.1 Å². The van der Waals surface area contributed by atoms with E-state index >= 15 is 0 Å². The Bertz CT molecular complexity index is 1360. The van der Waals surface area contributed by atoms with Crippen molar-refractivity contribution in [2.75, 3.05) is 27.2 Å². The first kappa shape index (κ1) is 47.0. The highest BCUT2D eigenvalue weighted by atomic mass is 16.6. The second-order valence-corrected chi connectivity index (χ2v) is 14.9. The second kappa shape index (κ2) is 24.3. The lowest BCUT2D eigenvalue weighted by atomic mass is 9.87. The summed E-state index contributed by atoms with van der Waals surface area (Å²) in [7, 11) is 3.12. The number of allylic oxidation sites excluding steroid dienone is 1. The van der Waals surface area contributed by atoms with Crippen LogP contribution in [0.1, 0.15) is 93.6 Å². The van der Waals surface area contributed by atoms with E-state index in [0.29, 0.717) is 44.2 Å². The van der Waals surface area contributed by atoms with Gasteiger partial charge in [-0.25, -0.2) is 4.84 Å². The number of carbonyl (C=O) groups excluding carboxylic acids is 5. The van der Waals surface area contributed by atoms with Crippen LogP contribution in [0.5, 0.6) is 0 Å². The summed E-state index contributed by atoms with van der Waals surface area (Å²) in [6.45, 7) is 17.9. The first-order valence-corrected chi connectivity index (χ1v) is 18.9. The number of carbonyl (C=O) groups is 5. The Kier molecular flexibility index (Phi) is 21.5. The third-order valence-electron chi connectivity index (χ3n) is 8.77. The van der Waals surface area contributed by atoms with Crippen LogP contribution in [-0.4, -0.2) is 91.9 Å². The van der Waals surface area contributed by atoms with Crippen LogP contribution in [0.4, 0.5) is 0 Å². The van der Waals surface area contributed by atoms with E-state index in [1.807, 2.05) is 85.7 Å². The van der Waals surface area contributed by atoms with Gasteiger partial charge < -0.3 is 31.5 Å². The number of hydrogen-bond acceptors (Lipinski definition) is 7. The largest absolute Gasteiger partial charge is 0.355 e. The van der Waals surface area contributed by atoms with Gasteiger partial charge in [-0.2, -0.15) is 5.48 Å². The maximum Gasteiger partial charge on any atom is 0.251 e. The van der Waals surface area contributed by atoms with Crippen LogP contribution in [0.2, 0.25) is 0 Å². The Morgan fingerprint density at radius 1 is 0.925 bits per heavy atom. The minimum absolute atomic E-state index is 0.110. The molecule has 2 unspecified atom stereocenters. The quantitative estimate of drug-likeness (QED) is 0.0568. The highest BCUT2D eigenvalue weighted by Gasteiger charge is 2.35. The van der Waals surface area contributed by atoms with Crippen LogP contribution >= 0.6 is 0 Å². The van der Waals surface area contributed by atoms with Crippen molar-refractivity contribution in [1.29, 1.82) is 0 Å². The van der Waals surface area contributed by atoms with Gasteiger partial charge in [0.1, 0.15) is 24.3 Å². The van der Waals surface area contributed by atoms with Gasteiger partial charge >= 0.3 is 0 Å². The number of nitrogens with zero attached hydrogens (tertiary/aromatic N) is 1. The number of amides is 5. The number of likely N-dealkylation sites (N-methyl/N-ethyl adjacent to an activating group) is 2. The molecule has 0 saturated heterocycles. The average Bonchev–Trinajstić information content (AvgIpc) is 3.10. The first-order chi connectivity index (χ1) is 25.0. The van der Waals surface area contributed by atoms with Gasteiger partial charge in [-0.1, -0.05) is 91.3 Å². The second-order valence-electron chi connectivity index (χ2n) is 14.9. The van der Waals surface area contributed by atoms with E-state index in [9.17, 15) is 24.0 Å². The van der Waals surface area contributed by atoms with Crippen LogP contribution in [-0.2, 0) is 35.2 Å². The number of rotatable bonds is 23. The summed E-state index contributed by atoms with van der Waals surface area (Å²) in [5.41, 5.74) is 2.50. The number of quaternary nitrogens is 1. The van der Waals surface area contributed by atoms with Crippen LogP contribution < -0.4 is 32.1 Å². The van der Waals surface area contributed by atoms with Gasteiger partial charge in [-0.05, 0) is 56.4 Å². The number of nitrogens with two attached hydrogens (primary N) is 1. The SMILES string of the molecule is C/C=C(\C=C/[NH2+]OC)C(=O)N[C@@H](CC(C)(C)C)C(=O)N(C)C(CCC)C(=O)N[C@H](CNC(CC)C(=O)N[C@H](C(=O)NCC)C(C)C)Cc1ccccc1. The van der Waals surface area contributed by atoms with Gasteiger partial charge in [0, 0.05) is 37.8 Å². The summed E-state index contributed by atoms with van der Waals surface area (Å²) in [6.07, 6.45) is 7.20. The van der Waals surface area contributed by atoms with Gasteiger partial charge in [0.25, 0.3) is 5.91 Å². The molecule has 13 nitrogen and oxygen atoms in total. The summed E-state index contributed by atoms with van der Waals surface area (Å²) in [6, 6.07) is 6.32. The van der Waals surface area contributed by atoms with E-state index in [0.717, 1.165) is 5.56 Å². The van der Waals surface area contributed by atoms with Crippen molar-refractivity contribution in [3.05, 3.63) is 59.8 Å². The minimum Gasteiger partial charge on any atom is -0.355 e. The molecule has 1 aromatic rings. The maximum absolute atomic E-state index is 14.2. The van der Waals surface area contributed by atoms with E-state index in [4.69, 9.17) is 4.84 Å². The predicted octanol–water partition coefficient (Wildman–Crippen LogP) is 2.49. The van der Waals surface area contributed by atoms with Crippen molar-refractivity contribution in [2.45, 2.75) is 125 Å². The molecule has 0 heterocycles. The van der Waals surface area contributed by atoms with Gasteiger partial charge in [-0.15, -0.1) is 0 Å². The summed E-state index contributed by atoms with van der Waals surface area (Å²) >= 11 is 0. The fraction of sp³-hybridized carbons (Fsp3) is 0.625. The number of hydroxylamine groups is 1. The Morgan fingerprint density at radius 3 is 2.11 bits per heavy atom. The highest BCUT2D eigenvalue weighted by molar-refractivity contribution is 5.99. The molecule has 0 radical (unpaired) electrons. The minimum atomic E-state index is -0.880. The standard InChI is InChI=1S/C40H67N7O6/c1-12-19-33(47(10)39(52)32(25-40(7,8)9)45-35(48)29(13-2)22-23-43-53-11)37(50)44-30(24-28-20-17-16-18-21-28)26-42-31(14-3)36(49)46-34(27(5)6)38(51)41-15-4/h13,16-18,20-23,27,30-34,42-43H,12,14-15,19,24-26H2,1-11H3,(H,41,51)(H,44,50)(H,45,48)(H,46,49)/p+1/b23-22-,29-13+/t30-,31?,32-,33?,34-/m0/s1. The summed E-state index contributed by atoms with van der Waals surface area (Å²) in [5.74, 6) is -1.73. The maximum atomic E-state index is 14.2. The highest BCUT2D eigenvalue weighted by Crippen LogP contribution is 2.23. The summed E-state index contributed by atoms with van der Waals surface area (Å²) < 4.78 is 0. The van der Waals surface area contributed by atoms with Crippen molar-refractivity contribution in [1.82, 2.24) is 31.5 Å². The third-order valence-corrected chi connectivity index (χ3v) is 8.77. The summed E-state index contributed by atoms with van der Waals surface area (Å²) in [5, 5.41) is 15.1. The Morgan fingerprint density at radius 2 is 1.58 bits per heavy atom. The molecule has 1 aromatic carbocycles. The fourth-order valence-electron chi connectivity index (χ4n) is 5.90. The first-order valence-electron chi connectivity index (χ1n) is 18.9. The van der Waals surface area contributed by atoms with Gasteiger partial charge in [0.15, 0.2) is 0 Å².